The number of nitrogens with zero attached hydrogens (tertiary/aromatic N) is 2. The highest BCUT2D eigenvalue weighted by Crippen LogP contribution is 2.25. The quantitative estimate of drug-likeness (QED) is 0.889. The van der Waals surface area contributed by atoms with E-state index in [1.807, 2.05) is 6.07 Å². The van der Waals surface area contributed by atoms with Crippen LogP contribution in [0.5, 0.6) is 0 Å². The average molecular weight is 260 g/mol. The molecule has 0 unspecified atom stereocenters. The number of nitriles is 1. The summed E-state index contributed by atoms with van der Waals surface area (Å²) in [6, 6.07) is 6.72. The number of hydrogen-bond donors (Lipinski definition) is 1. The minimum absolute atomic E-state index is 0.184. The molecule has 1 aromatic carbocycles. The fraction of sp³-hybridized carbons (Fsp3) is 0.286. The molecule has 1 aromatic rings. The van der Waals surface area contributed by atoms with Gasteiger partial charge in [0.2, 0.25) is 0 Å². The number of rotatable bonds is 2. The fourth-order valence-electron chi connectivity index (χ4n) is 2.11. The summed E-state index contributed by atoms with van der Waals surface area (Å²) in [5.74, 6) is -0.359. The summed E-state index contributed by atoms with van der Waals surface area (Å²) in [6.45, 7) is 0.657. The van der Waals surface area contributed by atoms with Gasteiger partial charge in [0.1, 0.15) is 5.82 Å². The van der Waals surface area contributed by atoms with Crippen molar-refractivity contribution in [1.82, 2.24) is 4.90 Å². The molecule has 0 bridgehead atoms. The Morgan fingerprint density at radius 1 is 1.53 bits per heavy atom. The molecule has 1 heterocycles. The number of carboxylic acid groups (broad SMARTS) is 1. The van der Waals surface area contributed by atoms with Crippen LogP contribution in [0, 0.1) is 17.1 Å². The van der Waals surface area contributed by atoms with Crippen LogP contribution in [-0.4, -0.2) is 29.2 Å². The van der Waals surface area contributed by atoms with Crippen LogP contribution in [-0.2, 0) is 6.42 Å². The van der Waals surface area contributed by atoms with E-state index in [0.29, 0.717) is 24.1 Å². The maximum absolute atomic E-state index is 13.9. The Labute approximate surface area is 110 Å². The minimum Gasteiger partial charge on any atom is -0.465 e. The molecule has 0 fully saturated rings. The summed E-state index contributed by atoms with van der Waals surface area (Å²) in [6.07, 6.45) is 1.46. The van der Waals surface area contributed by atoms with Gasteiger partial charge in [-0.3, -0.25) is 0 Å². The molecule has 1 amide bonds. The SMILES string of the molecule is N#CCc1ccc(C2=CCN(C(=O)O)CC2)c(F)c1. The Kier molecular flexibility index (Phi) is 3.81. The second-order valence-electron chi connectivity index (χ2n) is 4.36. The number of amides is 1. The summed E-state index contributed by atoms with van der Waals surface area (Å²) in [7, 11) is 0. The highest BCUT2D eigenvalue weighted by Gasteiger charge is 2.18. The predicted octanol–water partition coefficient (Wildman–Crippen LogP) is 2.66. The van der Waals surface area contributed by atoms with E-state index in [0.717, 1.165) is 5.57 Å². The van der Waals surface area contributed by atoms with Gasteiger partial charge in [-0.05, 0) is 23.6 Å². The minimum atomic E-state index is -0.958. The Bertz CT molecular complexity index is 575. The van der Waals surface area contributed by atoms with Gasteiger partial charge in [-0.15, -0.1) is 0 Å². The third kappa shape index (κ3) is 2.91. The first-order valence-corrected chi connectivity index (χ1v) is 5.94. The molecule has 19 heavy (non-hydrogen) atoms. The zero-order valence-corrected chi connectivity index (χ0v) is 10.3. The topological polar surface area (TPSA) is 64.3 Å². The third-order valence-electron chi connectivity index (χ3n) is 3.14. The van der Waals surface area contributed by atoms with Crippen LogP contribution < -0.4 is 0 Å². The van der Waals surface area contributed by atoms with Crippen LogP contribution in [0.25, 0.3) is 5.57 Å². The maximum atomic E-state index is 13.9. The molecule has 0 saturated heterocycles. The van der Waals surface area contributed by atoms with Crippen molar-refractivity contribution in [3.05, 3.63) is 41.2 Å². The normalized spacial score (nSPS) is 14.7. The Balaban J connectivity index is 2.20. The summed E-state index contributed by atoms with van der Waals surface area (Å²) in [5, 5.41) is 17.4. The van der Waals surface area contributed by atoms with Crippen molar-refractivity contribution in [3.8, 4) is 6.07 Å². The molecule has 0 radical (unpaired) electrons. The molecule has 0 atom stereocenters. The molecule has 0 spiro atoms. The van der Waals surface area contributed by atoms with Crippen molar-refractivity contribution in [2.45, 2.75) is 12.8 Å². The van der Waals surface area contributed by atoms with Crippen LogP contribution in [0.15, 0.2) is 24.3 Å². The first-order valence-electron chi connectivity index (χ1n) is 5.94. The molecular weight excluding hydrogens is 247 g/mol. The van der Waals surface area contributed by atoms with Gasteiger partial charge < -0.3 is 10.0 Å². The lowest BCUT2D eigenvalue weighted by Crippen LogP contribution is -2.33. The Morgan fingerprint density at radius 3 is 2.84 bits per heavy atom. The first-order chi connectivity index (χ1) is 9.11. The number of halogens is 1. The van der Waals surface area contributed by atoms with Crippen molar-refractivity contribution < 1.29 is 14.3 Å². The summed E-state index contributed by atoms with van der Waals surface area (Å²) < 4.78 is 13.9. The second-order valence-corrected chi connectivity index (χ2v) is 4.36. The molecule has 1 aliphatic rings. The fourth-order valence-corrected chi connectivity index (χ4v) is 2.11. The van der Waals surface area contributed by atoms with Gasteiger partial charge >= 0.3 is 6.09 Å². The number of benzene rings is 1. The molecule has 1 aliphatic heterocycles. The van der Waals surface area contributed by atoms with Gasteiger partial charge in [0.15, 0.2) is 0 Å². The molecule has 0 aliphatic carbocycles. The zero-order valence-electron chi connectivity index (χ0n) is 10.3. The number of carbonyl (C=O) groups is 1. The Hall–Kier alpha value is -2.35. The molecule has 0 aromatic heterocycles. The van der Waals surface area contributed by atoms with E-state index in [1.54, 1.807) is 18.2 Å². The lowest BCUT2D eigenvalue weighted by atomic mass is 9.97. The zero-order chi connectivity index (χ0) is 13.8. The van der Waals surface area contributed by atoms with Gasteiger partial charge in [0.25, 0.3) is 0 Å². The predicted molar refractivity (Wildman–Crippen MR) is 67.9 cm³/mol. The third-order valence-corrected chi connectivity index (χ3v) is 3.14. The van der Waals surface area contributed by atoms with E-state index >= 15 is 0 Å². The second kappa shape index (κ2) is 5.53. The van der Waals surface area contributed by atoms with Crippen LogP contribution in [0.4, 0.5) is 9.18 Å². The smallest absolute Gasteiger partial charge is 0.407 e. The van der Waals surface area contributed by atoms with Crippen LogP contribution >= 0.6 is 0 Å². The molecule has 4 nitrogen and oxygen atoms in total. The molecule has 2 rings (SSSR count). The van der Waals surface area contributed by atoms with Crippen LogP contribution in [0.3, 0.4) is 0 Å². The van der Waals surface area contributed by atoms with Crippen molar-refractivity contribution in [2.75, 3.05) is 13.1 Å². The summed E-state index contributed by atoms with van der Waals surface area (Å²) >= 11 is 0. The van der Waals surface area contributed by atoms with E-state index in [1.165, 1.54) is 11.0 Å². The monoisotopic (exact) mass is 260 g/mol. The largest absolute Gasteiger partial charge is 0.465 e. The molecule has 5 heteroatoms. The van der Waals surface area contributed by atoms with E-state index < -0.39 is 6.09 Å². The van der Waals surface area contributed by atoms with Gasteiger partial charge in [-0.1, -0.05) is 18.2 Å². The van der Waals surface area contributed by atoms with E-state index in [9.17, 15) is 9.18 Å². The molecule has 1 N–H and O–H groups in total. The molecular formula is C14H13FN2O2. The van der Waals surface area contributed by atoms with Gasteiger partial charge in [-0.2, -0.15) is 5.26 Å². The van der Waals surface area contributed by atoms with Crippen molar-refractivity contribution in [3.63, 3.8) is 0 Å². The lowest BCUT2D eigenvalue weighted by molar-refractivity contribution is 0.150. The van der Waals surface area contributed by atoms with Crippen molar-refractivity contribution in [1.29, 1.82) is 5.26 Å². The van der Waals surface area contributed by atoms with E-state index in [2.05, 4.69) is 0 Å². The van der Waals surface area contributed by atoms with Crippen molar-refractivity contribution in [2.24, 2.45) is 0 Å². The van der Waals surface area contributed by atoms with Crippen LogP contribution in [0.2, 0.25) is 0 Å². The molecule has 0 saturated carbocycles. The summed E-state index contributed by atoms with van der Waals surface area (Å²) in [4.78, 5) is 12.1. The average Bonchev–Trinajstić information content (AvgIpc) is 2.39. The van der Waals surface area contributed by atoms with Crippen LogP contribution in [0.1, 0.15) is 17.5 Å². The number of hydrogen-bond acceptors (Lipinski definition) is 2. The lowest BCUT2D eigenvalue weighted by Gasteiger charge is -2.24. The highest BCUT2D eigenvalue weighted by atomic mass is 19.1. The Morgan fingerprint density at radius 2 is 2.32 bits per heavy atom. The van der Waals surface area contributed by atoms with E-state index in [-0.39, 0.29) is 18.8 Å². The standard InChI is InChI=1S/C14H13FN2O2/c15-13-9-10(3-6-16)1-2-12(13)11-4-7-17(8-5-11)14(18)19/h1-2,4,9H,3,5,7-8H2,(H,18,19). The first kappa shape index (κ1) is 13.1. The van der Waals surface area contributed by atoms with Gasteiger partial charge in [0, 0.05) is 18.7 Å². The molecule has 98 valence electrons. The van der Waals surface area contributed by atoms with Gasteiger partial charge in [0.05, 0.1) is 12.5 Å². The van der Waals surface area contributed by atoms with Crippen molar-refractivity contribution >= 4 is 11.7 Å². The summed E-state index contributed by atoms with van der Waals surface area (Å²) in [5.41, 5.74) is 1.96. The highest BCUT2D eigenvalue weighted by molar-refractivity contribution is 5.71. The van der Waals surface area contributed by atoms with Gasteiger partial charge in [-0.25, -0.2) is 9.18 Å². The maximum Gasteiger partial charge on any atom is 0.407 e. The van der Waals surface area contributed by atoms with E-state index in [4.69, 9.17) is 10.4 Å².